The second kappa shape index (κ2) is 7.26. The molecule has 0 aliphatic rings. The Morgan fingerprint density at radius 1 is 1.09 bits per heavy atom. The van der Waals surface area contributed by atoms with Gasteiger partial charge in [-0.1, -0.05) is 50.6 Å². The van der Waals surface area contributed by atoms with E-state index in [4.69, 9.17) is 5.11 Å². The molecule has 1 rings (SSSR count). The summed E-state index contributed by atoms with van der Waals surface area (Å²) in [6, 6.07) is 6.51. The number of carbonyl (C=O) groups is 2. The van der Waals surface area contributed by atoms with Crippen LogP contribution in [0.15, 0.2) is 24.3 Å². The highest BCUT2D eigenvalue weighted by Gasteiger charge is 2.32. The van der Waals surface area contributed by atoms with Gasteiger partial charge < -0.3 is 10.4 Å². The fourth-order valence-electron chi connectivity index (χ4n) is 3.15. The Hall–Kier alpha value is -1.68. The van der Waals surface area contributed by atoms with Crippen LogP contribution < -0.4 is 5.32 Å². The van der Waals surface area contributed by atoms with Gasteiger partial charge in [-0.3, -0.25) is 9.59 Å². The van der Waals surface area contributed by atoms with Gasteiger partial charge in [-0.05, 0) is 32.6 Å². The molecule has 0 amide bonds. The lowest BCUT2D eigenvalue weighted by atomic mass is 9.81. The highest BCUT2D eigenvalue weighted by Crippen LogP contribution is 2.27. The lowest BCUT2D eigenvalue weighted by molar-refractivity contribution is -0.137. The Balaban J connectivity index is 2.97. The van der Waals surface area contributed by atoms with Gasteiger partial charge in [-0.25, -0.2) is 0 Å². The number of aryl methyl sites for hydroxylation is 1. The summed E-state index contributed by atoms with van der Waals surface area (Å²) in [4.78, 5) is 23.9. The van der Waals surface area contributed by atoms with Crippen molar-refractivity contribution >= 4 is 11.8 Å². The van der Waals surface area contributed by atoms with E-state index in [1.54, 1.807) is 12.1 Å². The summed E-state index contributed by atoms with van der Waals surface area (Å²) in [7, 11) is 0. The third kappa shape index (κ3) is 6.95. The first-order valence-electron chi connectivity index (χ1n) is 8.00. The largest absolute Gasteiger partial charge is 0.481 e. The third-order valence-corrected chi connectivity index (χ3v) is 3.57. The zero-order valence-electron chi connectivity index (χ0n) is 15.1. The lowest BCUT2D eigenvalue weighted by Gasteiger charge is -2.36. The molecule has 4 heteroatoms. The van der Waals surface area contributed by atoms with Crippen LogP contribution in [0.25, 0.3) is 0 Å². The van der Waals surface area contributed by atoms with Crippen LogP contribution in [0.4, 0.5) is 0 Å². The topological polar surface area (TPSA) is 66.4 Å². The first-order chi connectivity index (χ1) is 10.4. The van der Waals surface area contributed by atoms with E-state index in [-0.39, 0.29) is 23.2 Å². The Morgan fingerprint density at radius 3 is 2.04 bits per heavy atom. The molecule has 23 heavy (non-hydrogen) atoms. The number of carbonyl (C=O) groups excluding carboxylic acids is 1. The maximum Gasteiger partial charge on any atom is 0.305 e. The summed E-state index contributed by atoms with van der Waals surface area (Å²) in [5, 5.41) is 12.4. The second-order valence-electron chi connectivity index (χ2n) is 8.15. The zero-order chi connectivity index (χ0) is 17.8. The molecule has 0 fully saturated rings. The van der Waals surface area contributed by atoms with Crippen molar-refractivity contribution in [3.63, 3.8) is 0 Å². The van der Waals surface area contributed by atoms with Crippen molar-refractivity contribution in [2.75, 3.05) is 0 Å². The molecule has 1 aromatic rings. The number of aliphatic carboxylic acids is 1. The summed E-state index contributed by atoms with van der Waals surface area (Å²) in [6.45, 7) is 12.4. The molecule has 4 nitrogen and oxygen atoms in total. The number of carboxylic acids is 1. The first-order valence-corrected chi connectivity index (χ1v) is 8.00. The van der Waals surface area contributed by atoms with Crippen molar-refractivity contribution in [2.24, 2.45) is 5.41 Å². The van der Waals surface area contributed by atoms with Crippen molar-refractivity contribution in [1.29, 1.82) is 0 Å². The number of rotatable bonds is 7. The standard InChI is InChI=1S/C19H29NO3/c1-13-7-9-14(10-8-13)17(23)15(11-16(21)22)20-19(5,6)12-18(2,3)4/h7-10,15,20H,11-12H2,1-6H3,(H,21,22). The van der Waals surface area contributed by atoms with Gasteiger partial charge in [0.15, 0.2) is 5.78 Å². The minimum absolute atomic E-state index is 0.0805. The molecule has 1 unspecified atom stereocenters. The van der Waals surface area contributed by atoms with Gasteiger partial charge in [-0.15, -0.1) is 0 Å². The Morgan fingerprint density at radius 2 is 1.61 bits per heavy atom. The fourth-order valence-corrected chi connectivity index (χ4v) is 3.15. The third-order valence-electron chi connectivity index (χ3n) is 3.57. The molecule has 0 saturated carbocycles. The number of hydrogen-bond donors (Lipinski definition) is 2. The van der Waals surface area contributed by atoms with Crippen molar-refractivity contribution in [1.82, 2.24) is 5.32 Å². The maximum absolute atomic E-state index is 12.7. The molecule has 0 radical (unpaired) electrons. The molecule has 0 spiro atoms. The molecule has 0 heterocycles. The van der Waals surface area contributed by atoms with Gasteiger partial charge in [0.25, 0.3) is 0 Å². The van der Waals surface area contributed by atoms with Crippen LogP contribution in [0.5, 0.6) is 0 Å². The maximum atomic E-state index is 12.7. The van der Waals surface area contributed by atoms with Crippen molar-refractivity contribution in [3.8, 4) is 0 Å². The summed E-state index contributed by atoms with van der Waals surface area (Å²) < 4.78 is 0. The van der Waals surface area contributed by atoms with Gasteiger partial charge in [0.05, 0.1) is 12.5 Å². The highest BCUT2D eigenvalue weighted by atomic mass is 16.4. The molecule has 2 N–H and O–H groups in total. The van der Waals surface area contributed by atoms with Gasteiger partial charge >= 0.3 is 5.97 Å². The predicted molar refractivity (Wildman–Crippen MR) is 92.8 cm³/mol. The molecular formula is C19H29NO3. The molecule has 0 bridgehead atoms. The van der Waals surface area contributed by atoms with Gasteiger partial charge in [0.1, 0.15) is 0 Å². The van der Waals surface area contributed by atoms with Crippen molar-refractivity contribution in [2.45, 2.75) is 66.0 Å². The van der Waals surface area contributed by atoms with Gasteiger partial charge in [-0.2, -0.15) is 0 Å². The smallest absolute Gasteiger partial charge is 0.305 e. The first kappa shape index (κ1) is 19.4. The van der Waals surface area contributed by atoms with Gasteiger partial charge in [0.2, 0.25) is 0 Å². The average molecular weight is 319 g/mol. The van der Waals surface area contributed by atoms with Crippen LogP contribution in [0, 0.1) is 12.3 Å². The van der Waals surface area contributed by atoms with E-state index < -0.39 is 12.0 Å². The van der Waals surface area contributed by atoms with Crippen LogP contribution in [-0.2, 0) is 4.79 Å². The van der Waals surface area contributed by atoms with Crippen LogP contribution in [0.2, 0.25) is 0 Å². The van der Waals surface area contributed by atoms with E-state index in [0.29, 0.717) is 5.56 Å². The monoisotopic (exact) mass is 319 g/mol. The van der Waals surface area contributed by atoms with Crippen LogP contribution in [-0.4, -0.2) is 28.4 Å². The fraction of sp³-hybridized carbons (Fsp3) is 0.579. The molecule has 1 atom stereocenters. The van der Waals surface area contributed by atoms with E-state index in [1.165, 1.54) is 0 Å². The molecule has 0 aromatic heterocycles. The van der Waals surface area contributed by atoms with E-state index in [9.17, 15) is 9.59 Å². The molecular weight excluding hydrogens is 290 g/mol. The highest BCUT2D eigenvalue weighted by molar-refractivity contribution is 6.01. The number of Topliss-reactive ketones (excluding diaryl/α,β-unsaturated/α-hetero) is 1. The van der Waals surface area contributed by atoms with E-state index in [2.05, 4.69) is 26.1 Å². The number of nitrogens with one attached hydrogen (secondary N) is 1. The predicted octanol–water partition coefficient (Wildman–Crippen LogP) is 3.83. The zero-order valence-corrected chi connectivity index (χ0v) is 15.1. The number of benzene rings is 1. The summed E-state index contributed by atoms with van der Waals surface area (Å²) in [5.74, 6) is -1.15. The molecule has 0 aliphatic carbocycles. The molecule has 0 aliphatic heterocycles. The van der Waals surface area contributed by atoms with Crippen LogP contribution >= 0.6 is 0 Å². The minimum Gasteiger partial charge on any atom is -0.481 e. The molecule has 0 saturated heterocycles. The van der Waals surface area contributed by atoms with E-state index >= 15 is 0 Å². The lowest BCUT2D eigenvalue weighted by Crippen LogP contribution is -2.51. The summed E-state index contributed by atoms with van der Waals surface area (Å²) >= 11 is 0. The Labute approximate surface area is 139 Å². The van der Waals surface area contributed by atoms with Crippen LogP contribution in [0.3, 0.4) is 0 Å². The minimum atomic E-state index is -0.977. The average Bonchev–Trinajstić information content (AvgIpc) is 2.34. The van der Waals surface area contributed by atoms with Crippen LogP contribution in [0.1, 0.15) is 63.4 Å². The summed E-state index contributed by atoms with van der Waals surface area (Å²) in [6.07, 6.45) is 0.609. The molecule has 1 aromatic carbocycles. The second-order valence-corrected chi connectivity index (χ2v) is 8.15. The Bertz CT molecular complexity index is 553. The van der Waals surface area contributed by atoms with Crippen molar-refractivity contribution in [3.05, 3.63) is 35.4 Å². The normalized spacial score (nSPS) is 13.7. The number of carboxylic acid groups (broad SMARTS) is 1. The number of ketones is 1. The quantitative estimate of drug-likeness (QED) is 0.750. The van der Waals surface area contributed by atoms with Gasteiger partial charge in [0, 0.05) is 11.1 Å². The SMILES string of the molecule is Cc1ccc(C(=O)C(CC(=O)O)NC(C)(C)CC(C)(C)C)cc1. The molecule has 128 valence electrons. The van der Waals surface area contributed by atoms with E-state index in [0.717, 1.165) is 12.0 Å². The van der Waals surface area contributed by atoms with Crippen molar-refractivity contribution < 1.29 is 14.7 Å². The summed E-state index contributed by atoms with van der Waals surface area (Å²) in [5.41, 5.74) is 1.36. The number of hydrogen-bond acceptors (Lipinski definition) is 3. The Kier molecular flexibility index (Phi) is 6.11. The van der Waals surface area contributed by atoms with E-state index in [1.807, 2.05) is 32.9 Å².